The molecule has 0 heterocycles. The van der Waals surface area contributed by atoms with Gasteiger partial charge >= 0.3 is 0 Å². The van der Waals surface area contributed by atoms with Crippen LogP contribution >= 0.6 is 0 Å². The van der Waals surface area contributed by atoms with E-state index in [-0.39, 0.29) is 0 Å². The van der Waals surface area contributed by atoms with E-state index in [4.69, 9.17) is 0 Å². The first-order valence-corrected chi connectivity index (χ1v) is 7.60. The molecule has 2 rings (SSSR count). The van der Waals surface area contributed by atoms with Crippen LogP contribution in [0.25, 0.3) is 0 Å². The predicted molar refractivity (Wildman–Crippen MR) is 91.4 cm³/mol. The van der Waals surface area contributed by atoms with Gasteiger partial charge in [-0.05, 0) is 56.0 Å². The van der Waals surface area contributed by atoms with Gasteiger partial charge in [0.25, 0.3) is 0 Å². The Morgan fingerprint density at radius 1 is 0.810 bits per heavy atom. The van der Waals surface area contributed by atoms with Crippen molar-refractivity contribution in [2.75, 3.05) is 0 Å². The number of benzene rings is 2. The lowest BCUT2D eigenvalue weighted by atomic mass is 10.1. The Morgan fingerprint density at radius 3 is 1.95 bits per heavy atom. The first-order chi connectivity index (χ1) is 10.3. The highest BCUT2D eigenvalue weighted by molar-refractivity contribution is 5.43. The van der Waals surface area contributed by atoms with Gasteiger partial charge in [0.05, 0.1) is 0 Å². The van der Waals surface area contributed by atoms with Gasteiger partial charge in [-0.3, -0.25) is 0 Å². The summed E-state index contributed by atoms with van der Waals surface area (Å²) in [7, 11) is 0. The molecule has 0 atom stereocenters. The highest BCUT2D eigenvalue weighted by Gasteiger charge is 1.92. The van der Waals surface area contributed by atoms with Crippen LogP contribution in [0.2, 0.25) is 0 Å². The van der Waals surface area contributed by atoms with Crippen molar-refractivity contribution in [2.24, 2.45) is 0 Å². The molecule has 0 radical (unpaired) electrons. The normalized spacial score (nSPS) is 10.4. The van der Waals surface area contributed by atoms with E-state index in [0.29, 0.717) is 0 Å². The van der Waals surface area contributed by atoms with Gasteiger partial charge in [-0.2, -0.15) is 0 Å². The summed E-state index contributed by atoms with van der Waals surface area (Å²) < 4.78 is 0. The summed E-state index contributed by atoms with van der Waals surface area (Å²) in [5, 5.41) is 0. The fraction of sp³-hybridized carbons (Fsp3) is 0.238. The van der Waals surface area contributed by atoms with Crippen LogP contribution < -0.4 is 0 Å². The van der Waals surface area contributed by atoms with E-state index in [0.717, 1.165) is 30.4 Å². The largest absolute Gasteiger partial charge is 0.0888 e. The Balaban J connectivity index is 1.96. The van der Waals surface area contributed by atoms with Gasteiger partial charge in [0.1, 0.15) is 0 Å². The third kappa shape index (κ3) is 5.32. The maximum Gasteiger partial charge on any atom is 0.0249 e. The minimum Gasteiger partial charge on any atom is -0.0888 e. The summed E-state index contributed by atoms with van der Waals surface area (Å²) >= 11 is 0. The quantitative estimate of drug-likeness (QED) is 0.524. The second kappa shape index (κ2) is 8.12. The summed E-state index contributed by atoms with van der Waals surface area (Å²) in [5.41, 5.74) is 4.77. The topological polar surface area (TPSA) is 0 Å². The van der Waals surface area contributed by atoms with Crippen LogP contribution in [-0.2, 0) is 6.42 Å². The van der Waals surface area contributed by atoms with Crippen LogP contribution in [0.5, 0.6) is 0 Å². The van der Waals surface area contributed by atoms with Crippen molar-refractivity contribution < 1.29 is 0 Å². The Morgan fingerprint density at radius 2 is 1.38 bits per heavy atom. The molecule has 0 heteroatoms. The lowest BCUT2D eigenvalue weighted by Crippen LogP contribution is -1.84. The number of aryl methyl sites for hydroxylation is 2. The summed E-state index contributed by atoms with van der Waals surface area (Å²) in [6, 6.07) is 16.9. The molecule has 0 spiro atoms. The number of hydrogen-bond donors (Lipinski definition) is 0. The predicted octanol–water partition coefficient (Wildman–Crippen LogP) is 5.29. The molecule has 0 bridgehead atoms. The molecule has 0 aliphatic heterocycles. The molecule has 0 aromatic heterocycles. The molecule has 0 saturated heterocycles. The standard InChI is InChI=1S/C21H22/c1-3-4-5-6-7-19-12-14-21(15-13-19)17-16-20-10-8-18(2)9-11-20/h4-5,8-15H,3,6-7H2,1-2H3. The second-order valence-corrected chi connectivity index (χ2v) is 5.23. The second-order valence-electron chi connectivity index (χ2n) is 5.23. The molecule has 0 saturated carbocycles. The maximum absolute atomic E-state index is 3.22. The molecule has 2 aromatic carbocycles. The fourth-order valence-corrected chi connectivity index (χ4v) is 2.07. The summed E-state index contributed by atoms with van der Waals surface area (Å²) in [4.78, 5) is 0. The van der Waals surface area contributed by atoms with Gasteiger partial charge < -0.3 is 0 Å². The van der Waals surface area contributed by atoms with Crippen molar-refractivity contribution in [2.45, 2.75) is 33.1 Å². The summed E-state index contributed by atoms with van der Waals surface area (Å²) in [6.45, 7) is 4.25. The Kier molecular flexibility index (Phi) is 5.85. The van der Waals surface area contributed by atoms with Crippen LogP contribution in [0.1, 0.15) is 42.0 Å². The first kappa shape index (κ1) is 15.1. The molecule has 0 nitrogen and oxygen atoms in total. The zero-order valence-electron chi connectivity index (χ0n) is 12.9. The van der Waals surface area contributed by atoms with Crippen LogP contribution in [0.3, 0.4) is 0 Å². The Bertz CT molecular complexity index is 631. The third-order valence-corrected chi connectivity index (χ3v) is 3.36. The summed E-state index contributed by atoms with van der Waals surface area (Å²) in [6.07, 6.45) is 7.81. The molecule has 0 fully saturated rings. The van der Waals surface area contributed by atoms with Gasteiger partial charge in [0, 0.05) is 11.1 Å². The van der Waals surface area contributed by atoms with Crippen molar-refractivity contribution >= 4 is 0 Å². The van der Waals surface area contributed by atoms with Gasteiger partial charge in [-0.15, -0.1) is 0 Å². The van der Waals surface area contributed by atoms with Gasteiger partial charge in [0.15, 0.2) is 0 Å². The summed E-state index contributed by atoms with van der Waals surface area (Å²) in [5.74, 6) is 6.43. The number of allylic oxidation sites excluding steroid dienone is 2. The molecule has 2 aromatic rings. The molecule has 106 valence electrons. The van der Waals surface area contributed by atoms with E-state index < -0.39 is 0 Å². The van der Waals surface area contributed by atoms with Crippen molar-refractivity contribution in [3.63, 3.8) is 0 Å². The van der Waals surface area contributed by atoms with Crippen LogP contribution in [-0.4, -0.2) is 0 Å². The highest BCUT2D eigenvalue weighted by atomic mass is 14.0. The molecule has 21 heavy (non-hydrogen) atoms. The molecular weight excluding hydrogens is 252 g/mol. The Hall–Kier alpha value is -2.26. The van der Waals surface area contributed by atoms with E-state index >= 15 is 0 Å². The molecule has 0 amide bonds. The van der Waals surface area contributed by atoms with E-state index in [9.17, 15) is 0 Å². The molecule has 0 aliphatic rings. The fourth-order valence-electron chi connectivity index (χ4n) is 2.07. The van der Waals surface area contributed by atoms with Crippen molar-refractivity contribution in [1.29, 1.82) is 0 Å². The van der Waals surface area contributed by atoms with Gasteiger partial charge in [-0.25, -0.2) is 0 Å². The van der Waals surface area contributed by atoms with E-state index in [1.807, 2.05) is 0 Å². The van der Waals surface area contributed by atoms with Crippen LogP contribution in [0.4, 0.5) is 0 Å². The van der Waals surface area contributed by atoms with E-state index in [1.165, 1.54) is 11.1 Å². The van der Waals surface area contributed by atoms with Crippen molar-refractivity contribution in [3.05, 3.63) is 82.9 Å². The van der Waals surface area contributed by atoms with E-state index in [2.05, 4.69) is 86.4 Å². The van der Waals surface area contributed by atoms with Crippen molar-refractivity contribution in [1.82, 2.24) is 0 Å². The van der Waals surface area contributed by atoms with Gasteiger partial charge in [0.2, 0.25) is 0 Å². The van der Waals surface area contributed by atoms with Crippen LogP contribution in [0, 0.1) is 18.8 Å². The SMILES string of the molecule is CCC=CCCc1ccc(C#Cc2ccc(C)cc2)cc1. The van der Waals surface area contributed by atoms with Gasteiger partial charge in [-0.1, -0.05) is 60.7 Å². The molecular formula is C21H22. The highest BCUT2D eigenvalue weighted by Crippen LogP contribution is 2.07. The van der Waals surface area contributed by atoms with Crippen LogP contribution in [0.15, 0.2) is 60.7 Å². The number of hydrogen-bond acceptors (Lipinski definition) is 0. The molecule has 0 aliphatic carbocycles. The monoisotopic (exact) mass is 274 g/mol. The average molecular weight is 274 g/mol. The minimum atomic E-state index is 1.06. The zero-order chi connectivity index (χ0) is 14.9. The average Bonchev–Trinajstić information content (AvgIpc) is 2.52. The zero-order valence-corrected chi connectivity index (χ0v) is 12.9. The molecule has 0 unspecified atom stereocenters. The lowest BCUT2D eigenvalue weighted by Gasteiger charge is -1.98. The number of rotatable bonds is 4. The minimum absolute atomic E-state index is 1.06. The molecule has 0 N–H and O–H groups in total. The lowest BCUT2D eigenvalue weighted by molar-refractivity contribution is 0.992. The smallest absolute Gasteiger partial charge is 0.0249 e. The third-order valence-electron chi connectivity index (χ3n) is 3.36. The van der Waals surface area contributed by atoms with Crippen molar-refractivity contribution in [3.8, 4) is 11.8 Å². The van der Waals surface area contributed by atoms with E-state index in [1.54, 1.807) is 0 Å². The Labute approximate surface area is 128 Å². The maximum atomic E-state index is 3.22. The first-order valence-electron chi connectivity index (χ1n) is 7.60.